The van der Waals surface area contributed by atoms with Crippen molar-refractivity contribution in [3.63, 3.8) is 0 Å². The molecular formula is C8H9ClN4O2. The highest BCUT2D eigenvalue weighted by molar-refractivity contribution is 6.28. The number of halogens is 1. The molecule has 0 saturated carbocycles. The van der Waals surface area contributed by atoms with Gasteiger partial charge in [-0.3, -0.25) is 9.59 Å². The Bertz CT molecular complexity index is 365. The van der Waals surface area contributed by atoms with E-state index in [0.717, 1.165) is 0 Å². The van der Waals surface area contributed by atoms with Gasteiger partial charge in [0.25, 0.3) is 5.91 Å². The molecule has 2 amide bonds. The lowest BCUT2D eigenvalue weighted by molar-refractivity contribution is -0.119. The first-order valence-electron chi connectivity index (χ1n) is 4.10. The number of nitrogens with zero attached hydrogens (tertiary/aromatic N) is 2. The molecule has 0 aromatic carbocycles. The zero-order chi connectivity index (χ0) is 11.3. The lowest BCUT2D eigenvalue weighted by Crippen LogP contribution is -2.35. The quantitative estimate of drug-likeness (QED) is 0.690. The van der Waals surface area contributed by atoms with Crippen LogP contribution in [0.4, 0.5) is 0 Å². The van der Waals surface area contributed by atoms with Crippen LogP contribution >= 0.6 is 11.6 Å². The number of hydrogen-bond acceptors (Lipinski definition) is 4. The van der Waals surface area contributed by atoms with E-state index in [4.69, 9.17) is 11.6 Å². The van der Waals surface area contributed by atoms with Gasteiger partial charge >= 0.3 is 0 Å². The summed E-state index contributed by atoms with van der Waals surface area (Å²) in [6.07, 6.45) is 2.57. The Morgan fingerprint density at radius 2 is 2.00 bits per heavy atom. The first-order valence-corrected chi connectivity index (χ1v) is 4.47. The Hall–Kier alpha value is -1.69. The SMILES string of the molecule is CNC(=O)CNC(=O)c1cnc(Cl)nc1. The van der Waals surface area contributed by atoms with Gasteiger partial charge in [-0.2, -0.15) is 0 Å². The maximum Gasteiger partial charge on any atom is 0.254 e. The second-order valence-corrected chi connectivity index (χ2v) is 2.93. The number of rotatable bonds is 3. The van der Waals surface area contributed by atoms with Crippen molar-refractivity contribution in [2.24, 2.45) is 0 Å². The summed E-state index contributed by atoms with van der Waals surface area (Å²) in [6, 6.07) is 0. The average Bonchev–Trinajstić information content (AvgIpc) is 2.26. The van der Waals surface area contributed by atoms with Crippen LogP contribution in [-0.4, -0.2) is 35.4 Å². The predicted molar refractivity (Wildman–Crippen MR) is 53.4 cm³/mol. The van der Waals surface area contributed by atoms with E-state index >= 15 is 0 Å². The molecule has 0 aliphatic rings. The van der Waals surface area contributed by atoms with Crippen LogP contribution in [0.1, 0.15) is 10.4 Å². The number of aromatic nitrogens is 2. The van der Waals surface area contributed by atoms with Crippen molar-refractivity contribution in [1.29, 1.82) is 0 Å². The molecule has 2 N–H and O–H groups in total. The highest BCUT2D eigenvalue weighted by atomic mass is 35.5. The highest BCUT2D eigenvalue weighted by Gasteiger charge is 2.07. The van der Waals surface area contributed by atoms with Crippen LogP contribution in [0, 0.1) is 0 Å². The van der Waals surface area contributed by atoms with Gasteiger partial charge in [-0.15, -0.1) is 0 Å². The van der Waals surface area contributed by atoms with Gasteiger partial charge in [-0.1, -0.05) is 0 Å². The fourth-order valence-electron chi connectivity index (χ4n) is 0.781. The van der Waals surface area contributed by atoms with Gasteiger partial charge < -0.3 is 10.6 Å². The van der Waals surface area contributed by atoms with Crippen molar-refractivity contribution >= 4 is 23.4 Å². The fraction of sp³-hybridized carbons (Fsp3) is 0.250. The summed E-state index contributed by atoms with van der Waals surface area (Å²) >= 11 is 5.45. The van der Waals surface area contributed by atoms with Crippen LogP contribution in [0.15, 0.2) is 12.4 Å². The largest absolute Gasteiger partial charge is 0.358 e. The summed E-state index contributed by atoms with van der Waals surface area (Å²) in [4.78, 5) is 29.5. The van der Waals surface area contributed by atoms with E-state index in [0.29, 0.717) is 0 Å². The predicted octanol–water partition coefficient (Wildman–Crippen LogP) is -0.394. The normalized spacial score (nSPS) is 9.47. The van der Waals surface area contributed by atoms with Gasteiger partial charge in [0.1, 0.15) is 0 Å². The third-order valence-corrected chi connectivity index (χ3v) is 1.77. The second kappa shape index (κ2) is 5.26. The molecule has 1 aromatic rings. The summed E-state index contributed by atoms with van der Waals surface area (Å²) in [5.41, 5.74) is 0.253. The summed E-state index contributed by atoms with van der Waals surface area (Å²) in [5.74, 6) is -0.700. The van der Waals surface area contributed by atoms with Gasteiger partial charge in [0.2, 0.25) is 11.2 Å². The summed E-state index contributed by atoms with van der Waals surface area (Å²) in [7, 11) is 1.49. The molecule has 0 aliphatic carbocycles. The fourth-order valence-corrected chi connectivity index (χ4v) is 0.878. The van der Waals surface area contributed by atoms with Crippen LogP contribution in [0.2, 0.25) is 5.28 Å². The average molecular weight is 229 g/mol. The molecule has 7 heteroatoms. The zero-order valence-corrected chi connectivity index (χ0v) is 8.71. The Kier molecular flexibility index (Phi) is 3.99. The van der Waals surface area contributed by atoms with Crippen LogP contribution in [0.3, 0.4) is 0 Å². The van der Waals surface area contributed by atoms with Crippen molar-refractivity contribution in [2.75, 3.05) is 13.6 Å². The molecule has 0 radical (unpaired) electrons. The van der Waals surface area contributed by atoms with Crippen molar-refractivity contribution < 1.29 is 9.59 Å². The van der Waals surface area contributed by atoms with E-state index in [2.05, 4.69) is 20.6 Å². The van der Waals surface area contributed by atoms with Crippen molar-refractivity contribution in [2.45, 2.75) is 0 Å². The molecule has 0 bridgehead atoms. The molecule has 0 atom stereocenters. The zero-order valence-electron chi connectivity index (χ0n) is 7.95. The molecule has 1 aromatic heterocycles. The molecule has 0 saturated heterocycles. The van der Waals surface area contributed by atoms with Crippen LogP contribution in [0.5, 0.6) is 0 Å². The third-order valence-electron chi connectivity index (χ3n) is 1.57. The molecule has 0 unspecified atom stereocenters. The topological polar surface area (TPSA) is 84.0 Å². The van der Waals surface area contributed by atoms with Crippen LogP contribution < -0.4 is 10.6 Å². The number of nitrogens with one attached hydrogen (secondary N) is 2. The second-order valence-electron chi connectivity index (χ2n) is 2.60. The lowest BCUT2D eigenvalue weighted by Gasteiger charge is -2.03. The molecule has 15 heavy (non-hydrogen) atoms. The van der Waals surface area contributed by atoms with E-state index in [9.17, 15) is 9.59 Å². The minimum absolute atomic E-state index is 0.0675. The number of amides is 2. The molecule has 0 spiro atoms. The molecule has 0 aliphatic heterocycles. The Morgan fingerprint density at radius 3 is 2.53 bits per heavy atom. The number of likely N-dealkylation sites (N-methyl/N-ethyl adjacent to an activating group) is 1. The monoisotopic (exact) mass is 228 g/mol. The standard InChI is InChI=1S/C8H9ClN4O2/c1-10-6(14)4-11-7(15)5-2-12-8(9)13-3-5/h2-3H,4H2,1H3,(H,10,14)(H,11,15). The van der Waals surface area contributed by atoms with E-state index in [1.54, 1.807) is 0 Å². The van der Waals surface area contributed by atoms with E-state index in [1.165, 1.54) is 19.4 Å². The van der Waals surface area contributed by atoms with E-state index < -0.39 is 5.91 Å². The minimum atomic E-state index is -0.421. The highest BCUT2D eigenvalue weighted by Crippen LogP contribution is 1.99. The molecule has 80 valence electrons. The van der Waals surface area contributed by atoms with Gasteiger partial charge in [0.05, 0.1) is 12.1 Å². The summed E-state index contributed by atoms with van der Waals surface area (Å²) < 4.78 is 0. The van der Waals surface area contributed by atoms with Crippen LogP contribution in [-0.2, 0) is 4.79 Å². The molecule has 1 heterocycles. The van der Waals surface area contributed by atoms with Gasteiger partial charge in [-0.05, 0) is 11.6 Å². The smallest absolute Gasteiger partial charge is 0.254 e. The Labute approximate surface area is 91.1 Å². The molecule has 0 fully saturated rings. The lowest BCUT2D eigenvalue weighted by atomic mass is 10.3. The van der Waals surface area contributed by atoms with Gasteiger partial charge in [0, 0.05) is 19.4 Å². The molecule has 1 rings (SSSR count). The maximum absolute atomic E-state index is 11.4. The maximum atomic E-state index is 11.4. The first kappa shape index (κ1) is 11.4. The van der Waals surface area contributed by atoms with E-state index in [1.807, 2.05) is 0 Å². The Balaban J connectivity index is 2.54. The molecule has 6 nitrogen and oxygen atoms in total. The van der Waals surface area contributed by atoms with Crippen molar-refractivity contribution in [1.82, 2.24) is 20.6 Å². The minimum Gasteiger partial charge on any atom is -0.358 e. The first-order chi connectivity index (χ1) is 7.13. The van der Waals surface area contributed by atoms with E-state index in [-0.39, 0.29) is 23.3 Å². The summed E-state index contributed by atoms with van der Waals surface area (Å²) in [5, 5.41) is 4.84. The van der Waals surface area contributed by atoms with Gasteiger partial charge in [-0.25, -0.2) is 9.97 Å². The Morgan fingerprint density at radius 1 is 1.40 bits per heavy atom. The third kappa shape index (κ3) is 3.51. The van der Waals surface area contributed by atoms with Crippen molar-refractivity contribution in [3.05, 3.63) is 23.2 Å². The number of carbonyl (C=O) groups excluding carboxylic acids is 2. The number of carbonyl (C=O) groups is 2. The van der Waals surface area contributed by atoms with Crippen LogP contribution in [0.25, 0.3) is 0 Å². The summed E-state index contributed by atoms with van der Waals surface area (Å²) in [6.45, 7) is -0.0854. The number of hydrogen-bond donors (Lipinski definition) is 2. The molecular weight excluding hydrogens is 220 g/mol. The van der Waals surface area contributed by atoms with Crippen molar-refractivity contribution in [3.8, 4) is 0 Å². The van der Waals surface area contributed by atoms with Gasteiger partial charge in [0.15, 0.2) is 0 Å².